The van der Waals surface area contributed by atoms with Crippen LogP contribution in [0.5, 0.6) is 0 Å². The summed E-state index contributed by atoms with van der Waals surface area (Å²) in [5.41, 5.74) is 4.74. The Morgan fingerprint density at radius 2 is 1.89 bits per heavy atom. The maximum Gasteiger partial charge on any atom is 0.332 e. The summed E-state index contributed by atoms with van der Waals surface area (Å²) in [7, 11) is 2.90. The first-order valence-electron chi connectivity index (χ1n) is 5.40. The number of primary amides is 1. The van der Waals surface area contributed by atoms with Gasteiger partial charge in [-0.2, -0.15) is 0 Å². The Bertz CT molecular complexity index is 800. The van der Waals surface area contributed by atoms with Gasteiger partial charge in [-0.1, -0.05) is 0 Å². The van der Waals surface area contributed by atoms with Crippen molar-refractivity contribution in [1.29, 1.82) is 0 Å². The number of hydrogen-bond acceptors (Lipinski definition) is 4. The predicted octanol–water partition coefficient (Wildman–Crippen LogP) is -0.915. The molecular weight excluding hydrogens is 365 g/mol. The van der Waals surface area contributed by atoms with Crippen LogP contribution in [0, 0.1) is 3.83 Å². The number of carbonyl (C=O) groups is 1. The molecule has 0 radical (unpaired) electrons. The van der Waals surface area contributed by atoms with Crippen molar-refractivity contribution in [3.8, 4) is 0 Å². The minimum absolute atomic E-state index is 0.141. The zero-order chi connectivity index (χ0) is 14.5. The molecule has 1 atom stereocenters. The molecule has 102 valence electrons. The first-order valence-corrected chi connectivity index (χ1v) is 6.48. The van der Waals surface area contributed by atoms with Crippen LogP contribution >= 0.6 is 22.6 Å². The highest BCUT2D eigenvalue weighted by atomic mass is 127. The number of halogens is 1. The quantitative estimate of drug-likeness (QED) is 0.540. The second-order valence-corrected chi connectivity index (χ2v) is 5.17. The lowest BCUT2D eigenvalue weighted by molar-refractivity contribution is -0.120. The van der Waals surface area contributed by atoms with E-state index in [2.05, 4.69) is 4.98 Å². The maximum atomic E-state index is 12.0. The van der Waals surface area contributed by atoms with Crippen LogP contribution in [0.2, 0.25) is 0 Å². The molecule has 2 rings (SSSR count). The van der Waals surface area contributed by atoms with E-state index in [1.807, 2.05) is 22.6 Å². The van der Waals surface area contributed by atoms with Crippen LogP contribution < -0.4 is 17.0 Å². The molecule has 0 fully saturated rings. The molecule has 8 nitrogen and oxygen atoms in total. The van der Waals surface area contributed by atoms with Gasteiger partial charge in [0.2, 0.25) is 5.91 Å². The number of aromatic nitrogens is 4. The Kier molecular flexibility index (Phi) is 3.24. The van der Waals surface area contributed by atoms with Crippen molar-refractivity contribution in [2.75, 3.05) is 0 Å². The van der Waals surface area contributed by atoms with Gasteiger partial charge in [0.1, 0.15) is 6.04 Å². The third-order valence-corrected chi connectivity index (χ3v) is 3.80. The zero-order valence-corrected chi connectivity index (χ0v) is 12.7. The fourth-order valence-electron chi connectivity index (χ4n) is 1.89. The van der Waals surface area contributed by atoms with Gasteiger partial charge in [-0.25, -0.2) is 9.78 Å². The second-order valence-electron chi connectivity index (χ2n) is 4.21. The van der Waals surface area contributed by atoms with Crippen molar-refractivity contribution in [1.82, 2.24) is 18.7 Å². The molecule has 0 spiro atoms. The molecular formula is C10H12IN5O3. The molecule has 2 heterocycles. The first kappa shape index (κ1) is 13.8. The van der Waals surface area contributed by atoms with Crippen molar-refractivity contribution in [3.63, 3.8) is 0 Å². The van der Waals surface area contributed by atoms with E-state index in [1.54, 1.807) is 6.92 Å². The van der Waals surface area contributed by atoms with Crippen LogP contribution in [-0.4, -0.2) is 24.6 Å². The lowest BCUT2D eigenvalue weighted by Crippen LogP contribution is -2.38. The number of carbonyl (C=O) groups excluding carboxylic acids is 1. The zero-order valence-electron chi connectivity index (χ0n) is 10.5. The summed E-state index contributed by atoms with van der Waals surface area (Å²) >= 11 is 1.90. The van der Waals surface area contributed by atoms with Crippen molar-refractivity contribution in [3.05, 3.63) is 24.7 Å². The normalized spacial score (nSPS) is 12.8. The maximum absolute atomic E-state index is 12.0. The summed E-state index contributed by atoms with van der Waals surface area (Å²) in [5.74, 6) is -0.564. The molecule has 2 aromatic rings. The predicted molar refractivity (Wildman–Crippen MR) is 76.8 cm³/mol. The molecule has 19 heavy (non-hydrogen) atoms. The monoisotopic (exact) mass is 377 g/mol. The standard InChI is InChI=1S/C10H12IN5O3/c1-4(6(12)17)16-7-5(13-9(16)11)8(18)15(3)10(19)14(7)2/h4H,1-3H3,(H2,12,17)/t4-/m0/s1. The van der Waals surface area contributed by atoms with E-state index in [0.717, 1.165) is 4.57 Å². The molecule has 2 aromatic heterocycles. The molecule has 0 aliphatic rings. The highest BCUT2D eigenvalue weighted by Crippen LogP contribution is 2.18. The van der Waals surface area contributed by atoms with Crippen molar-refractivity contribution >= 4 is 39.7 Å². The molecule has 9 heteroatoms. The topological polar surface area (TPSA) is 105 Å². The smallest absolute Gasteiger partial charge is 0.332 e. The summed E-state index contributed by atoms with van der Waals surface area (Å²) in [6.07, 6.45) is 0. The van der Waals surface area contributed by atoms with Crippen molar-refractivity contribution in [2.45, 2.75) is 13.0 Å². The molecule has 1 amide bonds. The number of amides is 1. The molecule has 0 aromatic carbocycles. The SMILES string of the molecule is C[C@@H](C(N)=O)n1c(I)nc2c(=O)n(C)c(=O)n(C)c21. The highest BCUT2D eigenvalue weighted by Gasteiger charge is 2.23. The van der Waals surface area contributed by atoms with Crippen molar-refractivity contribution in [2.24, 2.45) is 19.8 Å². The van der Waals surface area contributed by atoms with Crippen LogP contribution in [0.1, 0.15) is 13.0 Å². The fraction of sp³-hybridized carbons (Fsp3) is 0.400. The Hall–Kier alpha value is -1.65. The molecule has 0 saturated carbocycles. The number of hydrogen-bond donors (Lipinski definition) is 1. The minimum atomic E-state index is -0.699. The third-order valence-electron chi connectivity index (χ3n) is 3.04. The summed E-state index contributed by atoms with van der Waals surface area (Å²) in [5, 5.41) is 0. The van der Waals surface area contributed by atoms with Gasteiger partial charge in [-0.3, -0.25) is 23.3 Å². The minimum Gasteiger partial charge on any atom is -0.368 e. The highest BCUT2D eigenvalue weighted by molar-refractivity contribution is 14.1. The Morgan fingerprint density at radius 3 is 2.42 bits per heavy atom. The summed E-state index contributed by atoms with van der Waals surface area (Å²) in [6.45, 7) is 1.59. The lowest BCUT2D eigenvalue weighted by Gasteiger charge is -2.13. The first-order chi connectivity index (χ1) is 8.77. The van der Waals surface area contributed by atoms with Crippen LogP contribution in [0.4, 0.5) is 0 Å². The van der Waals surface area contributed by atoms with Crippen LogP contribution in [-0.2, 0) is 18.9 Å². The van der Waals surface area contributed by atoms with E-state index in [-0.39, 0.29) is 5.52 Å². The summed E-state index contributed by atoms with van der Waals surface area (Å²) < 4.78 is 4.18. The Morgan fingerprint density at radius 1 is 1.32 bits per heavy atom. The number of nitrogens with zero attached hydrogens (tertiary/aromatic N) is 4. The van der Waals surface area contributed by atoms with E-state index in [9.17, 15) is 14.4 Å². The number of fused-ring (bicyclic) bond motifs is 1. The van der Waals surface area contributed by atoms with Gasteiger partial charge in [0.15, 0.2) is 15.0 Å². The number of imidazole rings is 1. The fourth-order valence-corrected chi connectivity index (χ4v) is 2.78. The lowest BCUT2D eigenvalue weighted by atomic mass is 10.3. The van der Waals surface area contributed by atoms with Crippen molar-refractivity contribution < 1.29 is 4.79 Å². The van der Waals surface area contributed by atoms with E-state index >= 15 is 0 Å². The molecule has 0 unspecified atom stereocenters. The summed E-state index contributed by atoms with van der Waals surface area (Å²) in [4.78, 5) is 39.4. The van der Waals surface area contributed by atoms with Gasteiger partial charge >= 0.3 is 5.69 Å². The van der Waals surface area contributed by atoms with Gasteiger partial charge in [0, 0.05) is 36.7 Å². The van der Waals surface area contributed by atoms with Crippen LogP contribution in [0.15, 0.2) is 9.59 Å². The number of aryl methyl sites for hydroxylation is 1. The molecule has 2 N–H and O–H groups in total. The van der Waals surface area contributed by atoms with Gasteiger partial charge in [-0.05, 0) is 6.92 Å². The second kappa shape index (κ2) is 4.47. The summed E-state index contributed by atoms with van der Waals surface area (Å²) in [6, 6.07) is -0.699. The van der Waals surface area contributed by atoms with Gasteiger partial charge in [0.05, 0.1) is 0 Å². The molecule has 0 aliphatic heterocycles. The number of rotatable bonds is 2. The average molecular weight is 377 g/mol. The van der Waals surface area contributed by atoms with Gasteiger partial charge < -0.3 is 5.73 Å². The Labute approximate surface area is 121 Å². The van der Waals surface area contributed by atoms with Gasteiger partial charge in [0.25, 0.3) is 5.56 Å². The third kappa shape index (κ3) is 1.88. The molecule has 0 aliphatic carbocycles. The largest absolute Gasteiger partial charge is 0.368 e. The molecule has 0 saturated heterocycles. The average Bonchev–Trinajstić information content (AvgIpc) is 2.70. The van der Waals surface area contributed by atoms with Crippen LogP contribution in [0.3, 0.4) is 0 Å². The van der Waals surface area contributed by atoms with E-state index in [0.29, 0.717) is 9.48 Å². The van der Waals surface area contributed by atoms with Gasteiger partial charge in [-0.15, -0.1) is 0 Å². The molecule has 0 bridgehead atoms. The van der Waals surface area contributed by atoms with E-state index in [4.69, 9.17) is 5.73 Å². The number of nitrogens with two attached hydrogens (primary N) is 1. The van der Waals surface area contributed by atoms with E-state index < -0.39 is 23.2 Å². The van der Waals surface area contributed by atoms with Crippen LogP contribution in [0.25, 0.3) is 11.2 Å². The van der Waals surface area contributed by atoms with E-state index in [1.165, 1.54) is 23.2 Å². The Balaban J connectivity index is 3.04.